The van der Waals surface area contributed by atoms with Gasteiger partial charge in [0, 0.05) is 23.3 Å². The third-order valence-corrected chi connectivity index (χ3v) is 3.75. The number of hydrogen-bond donors (Lipinski definition) is 1. The molecule has 2 N–H and O–H groups in total. The van der Waals surface area contributed by atoms with E-state index in [0.29, 0.717) is 6.01 Å². The zero-order valence-electron chi connectivity index (χ0n) is 11.7. The average molecular weight is 289 g/mol. The summed E-state index contributed by atoms with van der Waals surface area (Å²) in [6.07, 6.45) is 7.30. The summed E-state index contributed by atoms with van der Waals surface area (Å²) in [7, 11) is 0. The molecular formula is C15H19N3OS. The Morgan fingerprint density at radius 1 is 1.25 bits per heavy atom. The smallest absolute Gasteiger partial charge is 0.321 e. The highest BCUT2D eigenvalue weighted by Crippen LogP contribution is 2.29. The van der Waals surface area contributed by atoms with E-state index in [2.05, 4.69) is 16.9 Å². The van der Waals surface area contributed by atoms with Crippen LogP contribution in [0.25, 0.3) is 0 Å². The zero-order chi connectivity index (χ0) is 14.4. The van der Waals surface area contributed by atoms with Crippen LogP contribution in [0.1, 0.15) is 18.9 Å². The SMILES string of the molecule is CCC(N)Cc1cnc(Oc2ccccc2SC)nc1. The molecule has 1 atom stereocenters. The molecular weight excluding hydrogens is 270 g/mol. The maximum absolute atomic E-state index is 5.91. The van der Waals surface area contributed by atoms with E-state index in [9.17, 15) is 0 Å². The standard InChI is InChI=1S/C15H19N3OS/c1-3-12(16)8-11-9-17-15(18-10-11)19-13-6-4-5-7-14(13)20-2/h4-7,9-10,12H,3,8,16H2,1-2H3. The molecule has 1 aromatic carbocycles. The molecule has 1 unspecified atom stereocenters. The monoisotopic (exact) mass is 289 g/mol. The lowest BCUT2D eigenvalue weighted by Gasteiger charge is -2.09. The highest BCUT2D eigenvalue weighted by Gasteiger charge is 2.07. The van der Waals surface area contributed by atoms with Crippen molar-refractivity contribution in [3.63, 3.8) is 0 Å². The van der Waals surface area contributed by atoms with Crippen molar-refractivity contribution >= 4 is 11.8 Å². The summed E-state index contributed by atoms with van der Waals surface area (Å²) in [5, 5.41) is 0. The fourth-order valence-electron chi connectivity index (χ4n) is 1.75. The summed E-state index contributed by atoms with van der Waals surface area (Å²) in [4.78, 5) is 9.54. The van der Waals surface area contributed by atoms with Gasteiger partial charge in [-0.2, -0.15) is 0 Å². The van der Waals surface area contributed by atoms with Gasteiger partial charge in [-0.1, -0.05) is 19.1 Å². The van der Waals surface area contributed by atoms with Crippen molar-refractivity contribution in [1.82, 2.24) is 9.97 Å². The van der Waals surface area contributed by atoms with Crippen molar-refractivity contribution in [2.75, 3.05) is 6.26 Å². The summed E-state index contributed by atoms with van der Waals surface area (Å²) in [5.41, 5.74) is 6.95. The molecule has 0 amide bonds. The summed E-state index contributed by atoms with van der Waals surface area (Å²) >= 11 is 1.63. The van der Waals surface area contributed by atoms with E-state index >= 15 is 0 Å². The van der Waals surface area contributed by atoms with Gasteiger partial charge in [0.15, 0.2) is 0 Å². The minimum absolute atomic E-state index is 0.155. The van der Waals surface area contributed by atoms with E-state index in [1.807, 2.05) is 30.5 Å². The number of thioether (sulfide) groups is 1. The number of rotatable bonds is 6. The molecule has 0 saturated carbocycles. The molecule has 106 valence electrons. The Hall–Kier alpha value is -1.59. The predicted octanol–water partition coefficient (Wildman–Crippen LogP) is 3.27. The molecule has 0 spiro atoms. The van der Waals surface area contributed by atoms with Gasteiger partial charge in [0.25, 0.3) is 0 Å². The molecule has 2 rings (SSSR count). The van der Waals surface area contributed by atoms with E-state index in [4.69, 9.17) is 10.5 Å². The Morgan fingerprint density at radius 3 is 2.60 bits per heavy atom. The molecule has 1 heterocycles. The maximum Gasteiger partial charge on any atom is 0.321 e. The van der Waals surface area contributed by atoms with Gasteiger partial charge >= 0.3 is 6.01 Å². The van der Waals surface area contributed by atoms with Gasteiger partial charge in [0.1, 0.15) is 5.75 Å². The lowest BCUT2D eigenvalue weighted by atomic mass is 10.1. The fraction of sp³-hybridized carbons (Fsp3) is 0.333. The number of aromatic nitrogens is 2. The van der Waals surface area contributed by atoms with E-state index in [0.717, 1.165) is 29.1 Å². The molecule has 0 aliphatic heterocycles. The van der Waals surface area contributed by atoms with Crippen LogP contribution in [0.4, 0.5) is 0 Å². The van der Waals surface area contributed by atoms with Crippen LogP contribution in [0.15, 0.2) is 41.6 Å². The van der Waals surface area contributed by atoms with E-state index in [1.165, 1.54) is 0 Å². The third kappa shape index (κ3) is 3.95. The maximum atomic E-state index is 5.91. The Bertz CT molecular complexity index is 545. The van der Waals surface area contributed by atoms with Gasteiger partial charge in [-0.25, -0.2) is 9.97 Å². The van der Waals surface area contributed by atoms with Crippen LogP contribution in [0, 0.1) is 0 Å². The Balaban J connectivity index is 2.07. The Labute approximate surface area is 123 Å². The predicted molar refractivity (Wildman–Crippen MR) is 82.3 cm³/mol. The van der Waals surface area contributed by atoms with Crippen molar-refractivity contribution < 1.29 is 4.74 Å². The molecule has 0 fully saturated rings. The highest BCUT2D eigenvalue weighted by molar-refractivity contribution is 7.98. The molecule has 4 nitrogen and oxygen atoms in total. The number of nitrogens with two attached hydrogens (primary N) is 1. The van der Waals surface area contributed by atoms with Crippen LogP contribution in [0.2, 0.25) is 0 Å². The molecule has 1 aromatic heterocycles. The van der Waals surface area contributed by atoms with Crippen molar-refractivity contribution in [2.24, 2.45) is 5.73 Å². The van der Waals surface area contributed by atoms with Gasteiger partial charge in [0.2, 0.25) is 0 Å². The Morgan fingerprint density at radius 2 is 1.95 bits per heavy atom. The number of benzene rings is 1. The van der Waals surface area contributed by atoms with Gasteiger partial charge < -0.3 is 10.5 Å². The molecule has 2 aromatic rings. The lowest BCUT2D eigenvalue weighted by Crippen LogP contribution is -2.21. The zero-order valence-corrected chi connectivity index (χ0v) is 12.6. The second kappa shape index (κ2) is 7.26. The van der Waals surface area contributed by atoms with Crippen molar-refractivity contribution in [3.05, 3.63) is 42.2 Å². The van der Waals surface area contributed by atoms with Crippen LogP contribution < -0.4 is 10.5 Å². The van der Waals surface area contributed by atoms with Gasteiger partial charge in [-0.05, 0) is 36.8 Å². The number of para-hydroxylation sites is 1. The largest absolute Gasteiger partial charge is 0.423 e. The van der Waals surface area contributed by atoms with Crippen LogP contribution in [-0.4, -0.2) is 22.3 Å². The highest BCUT2D eigenvalue weighted by atomic mass is 32.2. The quantitative estimate of drug-likeness (QED) is 0.827. The molecule has 0 aliphatic rings. The molecule has 5 heteroatoms. The average Bonchev–Trinajstić information content (AvgIpc) is 2.49. The van der Waals surface area contributed by atoms with Gasteiger partial charge in [-0.15, -0.1) is 11.8 Å². The van der Waals surface area contributed by atoms with Crippen LogP contribution in [-0.2, 0) is 6.42 Å². The lowest BCUT2D eigenvalue weighted by molar-refractivity contribution is 0.431. The number of ether oxygens (including phenoxy) is 1. The molecule has 0 bridgehead atoms. The van der Waals surface area contributed by atoms with Crippen LogP contribution in [0.3, 0.4) is 0 Å². The van der Waals surface area contributed by atoms with E-state index < -0.39 is 0 Å². The number of hydrogen-bond acceptors (Lipinski definition) is 5. The second-order valence-corrected chi connectivity index (χ2v) is 5.35. The van der Waals surface area contributed by atoms with E-state index in [-0.39, 0.29) is 6.04 Å². The van der Waals surface area contributed by atoms with Crippen molar-refractivity contribution in [1.29, 1.82) is 0 Å². The first-order valence-corrected chi connectivity index (χ1v) is 7.82. The normalized spacial score (nSPS) is 12.2. The summed E-state index contributed by atoms with van der Waals surface area (Å²) in [6.45, 7) is 2.07. The summed E-state index contributed by atoms with van der Waals surface area (Å²) < 4.78 is 5.71. The van der Waals surface area contributed by atoms with Crippen molar-refractivity contribution in [2.45, 2.75) is 30.7 Å². The first-order chi connectivity index (χ1) is 9.72. The molecule has 0 aliphatic carbocycles. The van der Waals surface area contributed by atoms with Gasteiger partial charge in [-0.3, -0.25) is 0 Å². The van der Waals surface area contributed by atoms with Crippen molar-refractivity contribution in [3.8, 4) is 11.8 Å². The van der Waals surface area contributed by atoms with Gasteiger partial charge in [0.05, 0.1) is 0 Å². The molecule has 0 radical (unpaired) electrons. The first kappa shape index (κ1) is 14.8. The topological polar surface area (TPSA) is 61.0 Å². The van der Waals surface area contributed by atoms with E-state index in [1.54, 1.807) is 24.2 Å². The summed E-state index contributed by atoms with van der Waals surface area (Å²) in [5.74, 6) is 0.776. The Kier molecular flexibility index (Phi) is 5.38. The van der Waals surface area contributed by atoms with Crippen LogP contribution >= 0.6 is 11.8 Å². The fourth-order valence-corrected chi connectivity index (χ4v) is 2.28. The molecule has 0 saturated heterocycles. The minimum atomic E-state index is 0.155. The molecule has 20 heavy (non-hydrogen) atoms. The third-order valence-electron chi connectivity index (χ3n) is 2.97. The first-order valence-electron chi connectivity index (χ1n) is 6.60. The minimum Gasteiger partial charge on any atom is -0.423 e. The van der Waals surface area contributed by atoms with Crippen LogP contribution in [0.5, 0.6) is 11.8 Å². The number of nitrogens with zero attached hydrogens (tertiary/aromatic N) is 2. The second-order valence-electron chi connectivity index (χ2n) is 4.50. The summed E-state index contributed by atoms with van der Waals surface area (Å²) in [6, 6.07) is 8.35.